The van der Waals surface area contributed by atoms with Crippen LogP contribution in [0.2, 0.25) is 0 Å². The molecule has 1 aliphatic rings. The van der Waals surface area contributed by atoms with Crippen LogP contribution in [0, 0.1) is 0 Å². The van der Waals surface area contributed by atoms with E-state index in [9.17, 15) is 4.79 Å². The molecule has 2 unspecified atom stereocenters. The lowest BCUT2D eigenvalue weighted by Gasteiger charge is -2.38. The monoisotopic (exact) mass is 364 g/mol. The van der Waals surface area contributed by atoms with Crippen LogP contribution in [0.1, 0.15) is 85.0 Å². The Morgan fingerprint density at radius 2 is 1.81 bits per heavy atom. The molecule has 150 valence electrons. The van der Waals surface area contributed by atoms with Gasteiger partial charge in [0.05, 0.1) is 25.8 Å². The van der Waals surface area contributed by atoms with Gasteiger partial charge in [-0.05, 0) is 32.6 Å². The number of aliphatic imine (C=N–C) groups is 1. The molecule has 0 saturated heterocycles. The fourth-order valence-electron chi connectivity index (χ4n) is 3.81. The third-order valence-electron chi connectivity index (χ3n) is 5.64. The Labute approximate surface area is 161 Å². The van der Waals surface area contributed by atoms with Crippen LogP contribution in [0.15, 0.2) is 17.1 Å². The van der Waals surface area contributed by atoms with E-state index < -0.39 is 0 Å². The summed E-state index contributed by atoms with van der Waals surface area (Å²) in [7, 11) is 0. The van der Waals surface area contributed by atoms with Gasteiger partial charge in [0, 0.05) is 13.3 Å². The number of nitrogens with one attached hydrogen (secondary N) is 1. The van der Waals surface area contributed by atoms with Crippen LogP contribution >= 0.6 is 0 Å². The van der Waals surface area contributed by atoms with Crippen LogP contribution in [0.4, 0.5) is 0 Å². The van der Waals surface area contributed by atoms with Gasteiger partial charge in [-0.3, -0.25) is 9.28 Å². The Morgan fingerprint density at radius 1 is 1.12 bits per heavy atom. The lowest BCUT2D eigenvalue weighted by atomic mass is 10.1. The maximum absolute atomic E-state index is 11.1. The zero-order valence-corrected chi connectivity index (χ0v) is 17.5. The topological polar surface area (TPSA) is 41.5 Å². The smallest absolute Gasteiger partial charge is 0.217 e. The van der Waals surface area contributed by atoms with Crippen LogP contribution in [-0.2, 0) is 4.79 Å². The number of nitrogens with zero attached hydrogens (tertiary/aromatic N) is 2. The molecular weight excluding hydrogens is 322 g/mol. The summed E-state index contributed by atoms with van der Waals surface area (Å²) in [4.78, 5) is 15.9. The predicted molar refractivity (Wildman–Crippen MR) is 112 cm³/mol. The quantitative estimate of drug-likeness (QED) is 0.252. The maximum atomic E-state index is 11.1. The van der Waals surface area contributed by atoms with Crippen molar-refractivity contribution >= 4 is 12.1 Å². The SMILES string of the molecule is CCCC/C=C/CCCCCCCC1N=CC[N+]1(CC)CCNC(C)=O. The fourth-order valence-corrected chi connectivity index (χ4v) is 3.81. The molecule has 0 aromatic rings. The number of allylic oxidation sites excluding steroid dienone is 2. The minimum atomic E-state index is 0.0659. The first-order chi connectivity index (χ1) is 12.6. The molecule has 0 spiro atoms. The molecule has 1 N–H and O–H groups in total. The van der Waals surface area contributed by atoms with Crippen LogP contribution < -0.4 is 5.32 Å². The van der Waals surface area contributed by atoms with E-state index in [1.165, 1.54) is 64.2 Å². The Bertz CT molecular complexity index is 433. The summed E-state index contributed by atoms with van der Waals surface area (Å²) in [5.74, 6) is 0.0659. The van der Waals surface area contributed by atoms with Crippen molar-refractivity contribution in [2.45, 2.75) is 91.1 Å². The molecule has 4 heteroatoms. The molecule has 0 aromatic heterocycles. The van der Waals surface area contributed by atoms with E-state index >= 15 is 0 Å². The summed E-state index contributed by atoms with van der Waals surface area (Å²) in [6, 6.07) is 0. The van der Waals surface area contributed by atoms with Gasteiger partial charge in [0.1, 0.15) is 6.54 Å². The van der Waals surface area contributed by atoms with Crippen molar-refractivity contribution in [3.63, 3.8) is 0 Å². The van der Waals surface area contributed by atoms with Gasteiger partial charge in [-0.15, -0.1) is 0 Å². The Hall–Kier alpha value is -1.16. The van der Waals surface area contributed by atoms with Crippen LogP contribution in [-0.4, -0.2) is 48.9 Å². The van der Waals surface area contributed by atoms with E-state index in [-0.39, 0.29) is 5.91 Å². The molecule has 0 bridgehead atoms. The van der Waals surface area contributed by atoms with Crippen molar-refractivity contribution in [2.24, 2.45) is 4.99 Å². The highest BCUT2D eigenvalue weighted by molar-refractivity contribution is 5.72. The predicted octanol–water partition coefficient (Wildman–Crippen LogP) is 4.85. The third kappa shape index (κ3) is 8.98. The highest BCUT2D eigenvalue weighted by Gasteiger charge is 2.37. The molecular formula is C22H42N3O+. The van der Waals surface area contributed by atoms with Crippen molar-refractivity contribution < 1.29 is 9.28 Å². The van der Waals surface area contributed by atoms with Crippen molar-refractivity contribution in [3.8, 4) is 0 Å². The summed E-state index contributed by atoms with van der Waals surface area (Å²) >= 11 is 0. The molecule has 1 aliphatic heterocycles. The van der Waals surface area contributed by atoms with E-state index in [2.05, 4.69) is 37.5 Å². The minimum Gasteiger partial charge on any atom is -0.351 e. The number of likely N-dealkylation sites (N-methyl/N-ethyl adjacent to an activating group) is 1. The van der Waals surface area contributed by atoms with Crippen LogP contribution in [0.3, 0.4) is 0 Å². The molecule has 1 amide bonds. The van der Waals surface area contributed by atoms with Gasteiger partial charge in [0.15, 0.2) is 6.17 Å². The highest BCUT2D eigenvalue weighted by Crippen LogP contribution is 2.24. The Balaban J connectivity index is 2.13. The molecule has 4 nitrogen and oxygen atoms in total. The number of rotatable bonds is 15. The lowest BCUT2D eigenvalue weighted by Crippen LogP contribution is -2.55. The first kappa shape index (κ1) is 22.9. The molecule has 0 aliphatic carbocycles. The largest absolute Gasteiger partial charge is 0.351 e. The van der Waals surface area contributed by atoms with Crippen LogP contribution in [0.25, 0.3) is 0 Å². The second-order valence-corrected chi connectivity index (χ2v) is 7.69. The first-order valence-electron chi connectivity index (χ1n) is 10.9. The fraction of sp³-hybridized carbons (Fsp3) is 0.818. The van der Waals surface area contributed by atoms with E-state index in [0.717, 1.165) is 30.7 Å². The van der Waals surface area contributed by atoms with Gasteiger partial charge in [-0.1, -0.05) is 51.2 Å². The van der Waals surface area contributed by atoms with Gasteiger partial charge in [-0.25, -0.2) is 4.99 Å². The number of amides is 1. The molecule has 2 atom stereocenters. The normalized spacial score (nSPS) is 22.3. The number of carbonyl (C=O) groups is 1. The van der Waals surface area contributed by atoms with E-state index in [4.69, 9.17) is 4.99 Å². The summed E-state index contributed by atoms with van der Waals surface area (Å²) in [5.41, 5.74) is 0. The minimum absolute atomic E-state index is 0.0659. The maximum Gasteiger partial charge on any atom is 0.217 e. The summed E-state index contributed by atoms with van der Waals surface area (Å²) in [5, 5.41) is 2.95. The van der Waals surface area contributed by atoms with Gasteiger partial charge >= 0.3 is 0 Å². The molecule has 0 fully saturated rings. The zero-order chi connectivity index (χ0) is 19.1. The second-order valence-electron chi connectivity index (χ2n) is 7.69. The zero-order valence-electron chi connectivity index (χ0n) is 17.5. The van der Waals surface area contributed by atoms with E-state index in [0.29, 0.717) is 6.17 Å². The number of carbonyl (C=O) groups excluding carboxylic acids is 1. The molecule has 0 radical (unpaired) electrons. The number of quaternary nitrogens is 1. The van der Waals surface area contributed by atoms with Crippen molar-refractivity contribution in [1.82, 2.24) is 5.32 Å². The standard InChI is InChI=1S/C22H41N3O/c1-4-6-7-8-9-10-11-12-13-14-15-16-22-24-18-20-25(22,5-2)19-17-23-21(3)26/h8-9,18,22H,4-7,10-17,19-20H2,1-3H3/p+1/b9-8+. The summed E-state index contributed by atoms with van der Waals surface area (Å²) in [6.45, 7) is 9.95. The summed E-state index contributed by atoms with van der Waals surface area (Å²) < 4.78 is 1.02. The average Bonchev–Trinajstić information content (AvgIpc) is 3.02. The number of unbranched alkanes of at least 4 members (excludes halogenated alkanes) is 7. The van der Waals surface area contributed by atoms with E-state index in [1.807, 2.05) is 0 Å². The van der Waals surface area contributed by atoms with Gasteiger partial charge in [0.2, 0.25) is 5.91 Å². The van der Waals surface area contributed by atoms with Gasteiger partial charge in [0.25, 0.3) is 0 Å². The molecule has 1 heterocycles. The van der Waals surface area contributed by atoms with Gasteiger partial charge < -0.3 is 5.32 Å². The molecule has 0 aromatic carbocycles. The molecule has 0 saturated carbocycles. The first-order valence-corrected chi connectivity index (χ1v) is 10.9. The number of hydrogen-bond donors (Lipinski definition) is 1. The van der Waals surface area contributed by atoms with E-state index in [1.54, 1.807) is 6.92 Å². The lowest BCUT2D eigenvalue weighted by molar-refractivity contribution is -0.935. The average molecular weight is 365 g/mol. The Morgan fingerprint density at radius 3 is 2.50 bits per heavy atom. The number of hydrogen-bond acceptors (Lipinski definition) is 2. The van der Waals surface area contributed by atoms with Crippen molar-refractivity contribution in [1.29, 1.82) is 0 Å². The second kappa shape index (κ2) is 14.0. The molecule has 26 heavy (non-hydrogen) atoms. The Kier molecular flexibility index (Phi) is 12.3. The van der Waals surface area contributed by atoms with Gasteiger partial charge in [-0.2, -0.15) is 0 Å². The van der Waals surface area contributed by atoms with Crippen molar-refractivity contribution in [3.05, 3.63) is 12.2 Å². The van der Waals surface area contributed by atoms with Crippen LogP contribution in [0.5, 0.6) is 0 Å². The third-order valence-corrected chi connectivity index (χ3v) is 5.64. The highest BCUT2D eigenvalue weighted by atomic mass is 16.1. The van der Waals surface area contributed by atoms with Crippen molar-refractivity contribution in [2.75, 3.05) is 26.2 Å². The molecule has 1 rings (SSSR count). The summed E-state index contributed by atoms with van der Waals surface area (Å²) in [6.07, 6.45) is 20.1.